The van der Waals surface area contributed by atoms with Gasteiger partial charge >= 0.3 is 5.97 Å². The van der Waals surface area contributed by atoms with Gasteiger partial charge in [0.15, 0.2) is 6.61 Å². The fraction of sp³-hybridized carbons (Fsp3) is 0.500. The van der Waals surface area contributed by atoms with Gasteiger partial charge in [0.25, 0.3) is 11.6 Å². The first-order chi connectivity index (χ1) is 11.4. The molecule has 130 valence electrons. The van der Waals surface area contributed by atoms with Crippen molar-refractivity contribution >= 4 is 29.2 Å². The van der Waals surface area contributed by atoms with Crippen molar-refractivity contribution in [2.75, 3.05) is 6.61 Å². The standard InChI is InChI=1S/C16H19ClN2O5/c1-10-4-2-3-5-14(10)18-15(20)9-24-16(21)12-8-11(19(22)23)6-7-13(12)17/h6-8,10,14H,2-5,9H2,1H3,(H,18,20)/t10-,14-/m0/s1. The minimum atomic E-state index is -0.865. The molecule has 0 saturated heterocycles. The highest BCUT2D eigenvalue weighted by molar-refractivity contribution is 6.33. The minimum absolute atomic E-state index is 0.0342. The van der Waals surface area contributed by atoms with Gasteiger partial charge in [-0.25, -0.2) is 4.79 Å². The molecule has 1 N–H and O–H groups in total. The average Bonchev–Trinajstić information content (AvgIpc) is 2.55. The van der Waals surface area contributed by atoms with Gasteiger partial charge in [-0.15, -0.1) is 0 Å². The van der Waals surface area contributed by atoms with Crippen LogP contribution in [-0.2, 0) is 9.53 Å². The lowest BCUT2D eigenvalue weighted by Gasteiger charge is -2.29. The molecule has 2 rings (SSSR count). The second-order valence-corrected chi connectivity index (χ2v) is 6.34. The highest BCUT2D eigenvalue weighted by Crippen LogP contribution is 2.24. The van der Waals surface area contributed by atoms with Crippen molar-refractivity contribution in [3.63, 3.8) is 0 Å². The van der Waals surface area contributed by atoms with E-state index in [4.69, 9.17) is 16.3 Å². The monoisotopic (exact) mass is 354 g/mol. The number of non-ortho nitro benzene ring substituents is 1. The summed E-state index contributed by atoms with van der Waals surface area (Å²) in [5, 5.41) is 13.6. The summed E-state index contributed by atoms with van der Waals surface area (Å²) < 4.78 is 4.92. The molecule has 1 aromatic carbocycles. The van der Waals surface area contributed by atoms with Gasteiger partial charge in [0.05, 0.1) is 15.5 Å². The van der Waals surface area contributed by atoms with Crippen LogP contribution in [0, 0.1) is 16.0 Å². The third kappa shape index (κ3) is 4.67. The van der Waals surface area contributed by atoms with Crippen molar-refractivity contribution in [1.29, 1.82) is 0 Å². The number of rotatable bonds is 5. The Bertz CT molecular complexity index is 649. The summed E-state index contributed by atoms with van der Waals surface area (Å²) in [7, 11) is 0. The molecular weight excluding hydrogens is 336 g/mol. The number of carbonyl (C=O) groups excluding carboxylic acids is 2. The second-order valence-electron chi connectivity index (χ2n) is 5.93. The van der Waals surface area contributed by atoms with Crippen LogP contribution in [0.3, 0.4) is 0 Å². The van der Waals surface area contributed by atoms with Gasteiger partial charge in [-0.05, 0) is 24.8 Å². The SMILES string of the molecule is C[C@H]1CCCC[C@@H]1NC(=O)COC(=O)c1cc([N+](=O)[O-])ccc1Cl. The smallest absolute Gasteiger partial charge is 0.340 e. The van der Waals surface area contributed by atoms with Crippen LogP contribution < -0.4 is 5.32 Å². The number of hydrogen-bond acceptors (Lipinski definition) is 5. The summed E-state index contributed by atoms with van der Waals surface area (Å²) in [5.74, 6) is -0.858. The van der Waals surface area contributed by atoms with Crippen LogP contribution in [0.5, 0.6) is 0 Å². The molecule has 1 aromatic rings. The summed E-state index contributed by atoms with van der Waals surface area (Å²) in [6, 6.07) is 3.56. The third-order valence-corrected chi connectivity index (χ3v) is 4.50. The Hall–Kier alpha value is -2.15. The molecule has 1 fully saturated rings. The maximum Gasteiger partial charge on any atom is 0.340 e. The zero-order valence-corrected chi connectivity index (χ0v) is 14.0. The van der Waals surface area contributed by atoms with Crippen LogP contribution in [0.25, 0.3) is 0 Å². The Morgan fingerprint density at radius 2 is 2.08 bits per heavy atom. The Kier molecular flexibility index (Phi) is 6.14. The van der Waals surface area contributed by atoms with E-state index in [1.54, 1.807) is 0 Å². The Labute approximate surface area is 144 Å². The highest BCUT2D eigenvalue weighted by Gasteiger charge is 2.24. The fourth-order valence-corrected chi connectivity index (χ4v) is 2.97. The number of nitrogens with zero attached hydrogens (tertiary/aromatic N) is 1. The predicted octanol–water partition coefficient (Wildman–Crippen LogP) is 3.10. The summed E-state index contributed by atoms with van der Waals surface area (Å²) in [5.41, 5.74) is -0.406. The molecular formula is C16H19ClN2O5. The molecule has 1 aliphatic carbocycles. The lowest BCUT2D eigenvalue weighted by molar-refractivity contribution is -0.384. The number of carbonyl (C=O) groups is 2. The molecule has 7 nitrogen and oxygen atoms in total. The molecule has 0 radical (unpaired) electrons. The largest absolute Gasteiger partial charge is 0.452 e. The number of nitrogens with one attached hydrogen (secondary N) is 1. The molecule has 1 saturated carbocycles. The molecule has 0 aromatic heterocycles. The molecule has 0 bridgehead atoms. The summed E-state index contributed by atoms with van der Waals surface area (Å²) in [4.78, 5) is 34.0. The molecule has 24 heavy (non-hydrogen) atoms. The van der Waals surface area contributed by atoms with Gasteiger partial charge in [-0.3, -0.25) is 14.9 Å². The number of nitro groups is 1. The number of esters is 1. The van der Waals surface area contributed by atoms with Gasteiger partial charge in [-0.2, -0.15) is 0 Å². The highest BCUT2D eigenvalue weighted by atomic mass is 35.5. The summed E-state index contributed by atoms with van der Waals surface area (Å²) in [6.45, 7) is 1.64. The molecule has 1 aliphatic rings. The lowest BCUT2D eigenvalue weighted by Crippen LogP contribution is -2.42. The minimum Gasteiger partial charge on any atom is -0.452 e. The zero-order chi connectivity index (χ0) is 17.7. The molecule has 8 heteroatoms. The van der Waals surface area contributed by atoms with Crippen molar-refractivity contribution in [3.8, 4) is 0 Å². The van der Waals surface area contributed by atoms with Crippen LogP contribution in [0.1, 0.15) is 43.0 Å². The van der Waals surface area contributed by atoms with E-state index in [1.165, 1.54) is 12.1 Å². The molecule has 0 spiro atoms. The van der Waals surface area contributed by atoms with Gasteiger partial charge in [0.2, 0.25) is 0 Å². The fourth-order valence-electron chi connectivity index (χ4n) is 2.77. The predicted molar refractivity (Wildman–Crippen MR) is 88.0 cm³/mol. The second kappa shape index (κ2) is 8.10. The van der Waals surface area contributed by atoms with Crippen molar-refractivity contribution < 1.29 is 19.2 Å². The quantitative estimate of drug-likeness (QED) is 0.497. The first-order valence-electron chi connectivity index (χ1n) is 7.79. The lowest BCUT2D eigenvalue weighted by atomic mass is 9.86. The number of ether oxygens (including phenoxy) is 1. The van der Waals surface area contributed by atoms with Crippen molar-refractivity contribution in [1.82, 2.24) is 5.32 Å². The maximum atomic E-state index is 12.0. The molecule has 0 unspecified atom stereocenters. The van der Waals surface area contributed by atoms with Crippen LogP contribution in [0.4, 0.5) is 5.69 Å². The average molecular weight is 355 g/mol. The Balaban J connectivity index is 1.91. The molecule has 0 heterocycles. The number of hydrogen-bond donors (Lipinski definition) is 1. The first kappa shape index (κ1) is 18.2. The first-order valence-corrected chi connectivity index (χ1v) is 8.16. The van der Waals surface area contributed by atoms with Crippen molar-refractivity contribution in [2.45, 2.75) is 38.6 Å². The van der Waals surface area contributed by atoms with Gasteiger partial charge in [0, 0.05) is 18.2 Å². The number of nitro benzene ring substituents is 1. The number of halogens is 1. The van der Waals surface area contributed by atoms with Crippen LogP contribution in [0.15, 0.2) is 18.2 Å². The van der Waals surface area contributed by atoms with Crippen LogP contribution in [0.2, 0.25) is 5.02 Å². The van der Waals surface area contributed by atoms with Crippen molar-refractivity contribution in [3.05, 3.63) is 38.9 Å². The van der Waals surface area contributed by atoms with E-state index >= 15 is 0 Å². The zero-order valence-electron chi connectivity index (χ0n) is 13.3. The molecule has 0 aliphatic heterocycles. The van der Waals surface area contributed by atoms with E-state index in [0.717, 1.165) is 31.7 Å². The van der Waals surface area contributed by atoms with E-state index < -0.39 is 17.5 Å². The van der Waals surface area contributed by atoms with E-state index in [2.05, 4.69) is 12.2 Å². The summed E-state index contributed by atoms with van der Waals surface area (Å²) in [6.07, 6.45) is 4.21. The Morgan fingerprint density at radius 3 is 2.75 bits per heavy atom. The Morgan fingerprint density at radius 1 is 1.38 bits per heavy atom. The van der Waals surface area contributed by atoms with Crippen LogP contribution in [-0.4, -0.2) is 29.4 Å². The third-order valence-electron chi connectivity index (χ3n) is 4.17. The maximum absolute atomic E-state index is 12.0. The topological polar surface area (TPSA) is 98.5 Å². The number of benzene rings is 1. The normalized spacial score (nSPS) is 20.2. The van der Waals surface area contributed by atoms with Crippen molar-refractivity contribution in [2.24, 2.45) is 5.92 Å². The number of amides is 1. The van der Waals surface area contributed by atoms with Gasteiger partial charge in [0.1, 0.15) is 0 Å². The molecule has 2 atom stereocenters. The van der Waals surface area contributed by atoms with E-state index in [-0.39, 0.29) is 28.2 Å². The summed E-state index contributed by atoms with van der Waals surface area (Å²) >= 11 is 5.86. The van der Waals surface area contributed by atoms with E-state index in [0.29, 0.717) is 5.92 Å². The van der Waals surface area contributed by atoms with Gasteiger partial charge in [-0.1, -0.05) is 31.4 Å². The molecule has 1 amide bonds. The van der Waals surface area contributed by atoms with E-state index in [9.17, 15) is 19.7 Å². The van der Waals surface area contributed by atoms with Crippen LogP contribution >= 0.6 is 11.6 Å². The van der Waals surface area contributed by atoms with E-state index in [1.807, 2.05) is 0 Å². The van der Waals surface area contributed by atoms with Gasteiger partial charge < -0.3 is 10.1 Å².